The van der Waals surface area contributed by atoms with Crippen LogP contribution < -0.4 is 0 Å². The first kappa shape index (κ1) is 10.7. The summed E-state index contributed by atoms with van der Waals surface area (Å²) >= 11 is 0. The molecule has 2 saturated heterocycles. The number of carbonyl (C=O) groups is 1. The zero-order chi connectivity index (χ0) is 11.1. The lowest BCUT2D eigenvalue weighted by Crippen LogP contribution is -2.46. The van der Waals surface area contributed by atoms with Crippen molar-refractivity contribution < 1.29 is 14.6 Å². The van der Waals surface area contributed by atoms with Gasteiger partial charge in [0, 0.05) is 13.1 Å². The Hall–Kier alpha value is -0.770. The fourth-order valence-corrected chi connectivity index (χ4v) is 2.67. The first-order valence-electron chi connectivity index (χ1n) is 5.61. The van der Waals surface area contributed by atoms with Crippen LogP contribution in [0.15, 0.2) is 0 Å². The zero-order valence-corrected chi connectivity index (χ0v) is 9.45. The van der Waals surface area contributed by atoms with Crippen molar-refractivity contribution in [2.45, 2.75) is 50.7 Å². The van der Waals surface area contributed by atoms with E-state index in [-0.39, 0.29) is 11.2 Å². The molecule has 0 aromatic heterocycles. The van der Waals surface area contributed by atoms with Crippen LogP contribution in [0.3, 0.4) is 0 Å². The van der Waals surface area contributed by atoms with Gasteiger partial charge in [0.2, 0.25) is 0 Å². The highest BCUT2D eigenvalue weighted by molar-refractivity contribution is 5.65. The van der Waals surface area contributed by atoms with Crippen molar-refractivity contribution in [3.05, 3.63) is 0 Å². The molecule has 0 radical (unpaired) electrons. The van der Waals surface area contributed by atoms with Gasteiger partial charge in [-0.15, -0.1) is 0 Å². The molecule has 2 rings (SSSR count). The van der Waals surface area contributed by atoms with Crippen LogP contribution in [0.25, 0.3) is 0 Å². The van der Waals surface area contributed by atoms with Crippen LogP contribution in [-0.2, 0) is 4.74 Å². The molecule has 1 spiro atoms. The largest absolute Gasteiger partial charge is 0.465 e. The normalized spacial score (nSPS) is 28.3. The second-order valence-corrected chi connectivity index (χ2v) is 5.31. The molecule has 15 heavy (non-hydrogen) atoms. The Bertz CT molecular complexity index is 267. The Morgan fingerprint density at radius 3 is 2.20 bits per heavy atom. The fraction of sp³-hybridized carbons (Fsp3) is 0.909. The molecule has 2 aliphatic heterocycles. The smallest absolute Gasteiger partial charge is 0.407 e. The molecule has 2 heterocycles. The molecule has 0 atom stereocenters. The van der Waals surface area contributed by atoms with Crippen molar-refractivity contribution in [2.75, 3.05) is 13.1 Å². The number of rotatable bonds is 0. The quantitative estimate of drug-likeness (QED) is 0.670. The van der Waals surface area contributed by atoms with Crippen molar-refractivity contribution >= 4 is 6.09 Å². The van der Waals surface area contributed by atoms with E-state index in [1.54, 1.807) is 0 Å². The van der Waals surface area contributed by atoms with E-state index in [1.165, 1.54) is 4.90 Å². The first-order chi connectivity index (χ1) is 6.93. The summed E-state index contributed by atoms with van der Waals surface area (Å²) in [5.41, 5.74) is -0.0547. The Kier molecular flexibility index (Phi) is 2.41. The van der Waals surface area contributed by atoms with Gasteiger partial charge in [-0.25, -0.2) is 4.79 Å². The summed E-state index contributed by atoms with van der Waals surface area (Å²) in [5.74, 6) is 0. The Balaban J connectivity index is 1.96. The van der Waals surface area contributed by atoms with E-state index in [0.29, 0.717) is 13.1 Å². The molecule has 2 aliphatic rings. The van der Waals surface area contributed by atoms with E-state index < -0.39 is 6.09 Å². The van der Waals surface area contributed by atoms with Gasteiger partial charge in [-0.05, 0) is 39.5 Å². The van der Waals surface area contributed by atoms with Crippen LogP contribution in [0.4, 0.5) is 4.79 Å². The average molecular weight is 213 g/mol. The maximum Gasteiger partial charge on any atom is 0.407 e. The highest BCUT2D eigenvalue weighted by Gasteiger charge is 2.46. The van der Waals surface area contributed by atoms with Gasteiger partial charge in [-0.2, -0.15) is 0 Å². The summed E-state index contributed by atoms with van der Waals surface area (Å²) < 4.78 is 6.09. The zero-order valence-electron chi connectivity index (χ0n) is 9.45. The third kappa shape index (κ3) is 2.09. The lowest BCUT2D eigenvalue weighted by Gasteiger charge is -2.39. The van der Waals surface area contributed by atoms with Gasteiger partial charge < -0.3 is 14.7 Å². The third-order valence-corrected chi connectivity index (χ3v) is 3.62. The summed E-state index contributed by atoms with van der Waals surface area (Å²) in [5, 5.41) is 8.86. The predicted octanol–water partition coefficient (Wildman–Crippen LogP) is 2.09. The van der Waals surface area contributed by atoms with Gasteiger partial charge in [0.05, 0.1) is 11.2 Å². The maximum atomic E-state index is 10.8. The van der Waals surface area contributed by atoms with Gasteiger partial charge in [-0.3, -0.25) is 0 Å². The second-order valence-electron chi connectivity index (χ2n) is 5.31. The molecule has 2 fully saturated rings. The lowest BCUT2D eigenvalue weighted by molar-refractivity contribution is -0.109. The monoisotopic (exact) mass is 213 g/mol. The molecule has 4 nitrogen and oxygen atoms in total. The van der Waals surface area contributed by atoms with Crippen molar-refractivity contribution in [3.8, 4) is 0 Å². The van der Waals surface area contributed by atoms with Crippen LogP contribution in [0.5, 0.6) is 0 Å². The minimum absolute atomic E-state index is 0.0224. The average Bonchev–Trinajstić information content (AvgIpc) is 2.43. The number of ether oxygens (including phenoxy) is 1. The molecule has 0 unspecified atom stereocenters. The van der Waals surface area contributed by atoms with Crippen LogP contribution in [0, 0.1) is 0 Å². The Morgan fingerprint density at radius 1 is 1.20 bits per heavy atom. The predicted molar refractivity (Wildman–Crippen MR) is 56.0 cm³/mol. The van der Waals surface area contributed by atoms with Crippen molar-refractivity contribution in [2.24, 2.45) is 0 Å². The van der Waals surface area contributed by atoms with Gasteiger partial charge >= 0.3 is 6.09 Å². The van der Waals surface area contributed by atoms with Crippen molar-refractivity contribution in [1.29, 1.82) is 0 Å². The molecule has 0 bridgehead atoms. The summed E-state index contributed by atoms with van der Waals surface area (Å²) in [6, 6.07) is 0. The van der Waals surface area contributed by atoms with Crippen molar-refractivity contribution in [3.63, 3.8) is 0 Å². The molecule has 4 heteroatoms. The molecule has 86 valence electrons. The number of piperidine rings is 1. The van der Waals surface area contributed by atoms with Crippen molar-refractivity contribution in [1.82, 2.24) is 4.90 Å². The molecular weight excluding hydrogens is 194 g/mol. The van der Waals surface area contributed by atoms with Crippen LogP contribution in [0.2, 0.25) is 0 Å². The Labute approximate surface area is 90.2 Å². The maximum absolute atomic E-state index is 10.8. The molecule has 1 amide bonds. The number of likely N-dealkylation sites (tertiary alicyclic amines) is 1. The van der Waals surface area contributed by atoms with Gasteiger partial charge in [0.25, 0.3) is 0 Å². The minimum atomic E-state index is -0.804. The van der Waals surface area contributed by atoms with Gasteiger partial charge in [-0.1, -0.05) is 0 Å². The highest BCUT2D eigenvalue weighted by Crippen LogP contribution is 2.43. The second kappa shape index (κ2) is 3.37. The van der Waals surface area contributed by atoms with E-state index in [4.69, 9.17) is 9.84 Å². The van der Waals surface area contributed by atoms with Gasteiger partial charge in [0.15, 0.2) is 0 Å². The topological polar surface area (TPSA) is 49.8 Å². The van der Waals surface area contributed by atoms with E-state index in [1.807, 2.05) is 0 Å². The minimum Gasteiger partial charge on any atom is -0.465 e. The van der Waals surface area contributed by atoms with E-state index in [0.717, 1.165) is 25.7 Å². The third-order valence-electron chi connectivity index (χ3n) is 3.62. The van der Waals surface area contributed by atoms with E-state index in [2.05, 4.69) is 13.8 Å². The summed E-state index contributed by atoms with van der Waals surface area (Å²) in [6.07, 6.45) is 3.06. The first-order valence-corrected chi connectivity index (χ1v) is 5.61. The van der Waals surface area contributed by atoms with Gasteiger partial charge in [0.1, 0.15) is 0 Å². The summed E-state index contributed by atoms with van der Waals surface area (Å²) in [6.45, 7) is 5.47. The van der Waals surface area contributed by atoms with Crippen LogP contribution in [0.1, 0.15) is 39.5 Å². The highest BCUT2D eigenvalue weighted by atomic mass is 16.5. The van der Waals surface area contributed by atoms with E-state index >= 15 is 0 Å². The van der Waals surface area contributed by atoms with Crippen LogP contribution >= 0.6 is 0 Å². The summed E-state index contributed by atoms with van der Waals surface area (Å²) in [4.78, 5) is 12.3. The molecule has 1 N–H and O–H groups in total. The number of carboxylic acid groups (broad SMARTS) is 1. The fourth-order valence-electron chi connectivity index (χ4n) is 2.67. The summed E-state index contributed by atoms with van der Waals surface area (Å²) in [7, 11) is 0. The standard InChI is InChI=1S/C11H19NO3/c1-10(2)3-4-11(15-10)5-7-12(8-6-11)9(13)14/h3-8H2,1-2H3,(H,13,14). The van der Waals surface area contributed by atoms with E-state index in [9.17, 15) is 4.79 Å². The number of amides is 1. The lowest BCUT2D eigenvalue weighted by atomic mass is 9.88. The van der Waals surface area contributed by atoms with Crippen LogP contribution in [-0.4, -0.2) is 40.4 Å². The molecule has 0 aromatic rings. The SMILES string of the molecule is CC1(C)CCC2(CCN(C(=O)O)CC2)O1. The Morgan fingerprint density at radius 2 is 1.80 bits per heavy atom. The molecule has 0 aliphatic carbocycles. The molecule has 0 aromatic carbocycles. The molecule has 0 saturated carbocycles. The molecular formula is C11H19NO3. The number of nitrogens with zero attached hydrogens (tertiary/aromatic N) is 1. The number of hydrogen-bond donors (Lipinski definition) is 1. The number of hydrogen-bond acceptors (Lipinski definition) is 2.